The number of aryl methyl sites for hydroxylation is 2. The Kier molecular flexibility index (Phi) is 3.87. The van der Waals surface area contributed by atoms with Gasteiger partial charge in [-0.2, -0.15) is 0 Å². The van der Waals surface area contributed by atoms with E-state index < -0.39 is 0 Å². The molecule has 0 saturated heterocycles. The van der Waals surface area contributed by atoms with Gasteiger partial charge in [-0.1, -0.05) is 13.0 Å². The summed E-state index contributed by atoms with van der Waals surface area (Å²) in [4.78, 5) is 0. The molecule has 96 valence electrons. The zero-order chi connectivity index (χ0) is 13.1. The average Bonchev–Trinajstić information content (AvgIpc) is 2.81. The molecule has 0 N–H and O–H groups in total. The summed E-state index contributed by atoms with van der Waals surface area (Å²) >= 11 is 5.92. The van der Waals surface area contributed by atoms with Crippen molar-refractivity contribution in [3.05, 3.63) is 35.4 Å². The van der Waals surface area contributed by atoms with Crippen molar-refractivity contribution in [1.29, 1.82) is 0 Å². The molecule has 2 rings (SSSR count). The number of nitrogens with zero attached hydrogens (tertiary/aromatic N) is 3. The van der Waals surface area contributed by atoms with Crippen molar-refractivity contribution in [2.75, 3.05) is 7.11 Å². The van der Waals surface area contributed by atoms with Crippen LogP contribution in [0.15, 0.2) is 18.2 Å². The van der Waals surface area contributed by atoms with E-state index in [0.717, 1.165) is 35.1 Å². The van der Waals surface area contributed by atoms with E-state index in [1.807, 2.05) is 30.5 Å². The van der Waals surface area contributed by atoms with E-state index in [0.29, 0.717) is 5.88 Å². The van der Waals surface area contributed by atoms with Crippen LogP contribution < -0.4 is 4.74 Å². The molecule has 4 nitrogen and oxygen atoms in total. The monoisotopic (exact) mass is 265 g/mol. The lowest BCUT2D eigenvalue weighted by Gasteiger charge is -2.13. The number of methoxy groups -OCH3 is 1. The van der Waals surface area contributed by atoms with Crippen molar-refractivity contribution in [3.8, 4) is 11.4 Å². The first-order chi connectivity index (χ1) is 8.71. The highest BCUT2D eigenvalue weighted by Crippen LogP contribution is 2.26. The van der Waals surface area contributed by atoms with Crippen LogP contribution in [-0.2, 0) is 12.3 Å². The van der Waals surface area contributed by atoms with Crippen molar-refractivity contribution < 1.29 is 4.74 Å². The van der Waals surface area contributed by atoms with Crippen LogP contribution in [-0.4, -0.2) is 21.9 Å². The fourth-order valence-electron chi connectivity index (χ4n) is 1.92. The van der Waals surface area contributed by atoms with Crippen molar-refractivity contribution >= 4 is 11.6 Å². The van der Waals surface area contributed by atoms with Crippen molar-refractivity contribution in [2.45, 2.75) is 26.1 Å². The molecule has 1 heterocycles. The predicted octanol–water partition coefficient (Wildman–Crippen LogP) is 2.89. The highest BCUT2D eigenvalue weighted by atomic mass is 35.5. The van der Waals surface area contributed by atoms with Gasteiger partial charge in [0, 0.05) is 6.42 Å². The summed E-state index contributed by atoms with van der Waals surface area (Å²) in [6.45, 7) is 4.08. The number of ether oxygens (including phenoxy) is 1. The maximum absolute atomic E-state index is 5.92. The van der Waals surface area contributed by atoms with Crippen LogP contribution >= 0.6 is 11.6 Å². The average molecular weight is 266 g/mol. The van der Waals surface area contributed by atoms with Gasteiger partial charge in [0.2, 0.25) is 0 Å². The summed E-state index contributed by atoms with van der Waals surface area (Å²) in [5.74, 6) is 2.73. The Morgan fingerprint density at radius 2 is 2.00 bits per heavy atom. The molecular weight excluding hydrogens is 250 g/mol. The Balaban J connectivity index is 2.66. The fourth-order valence-corrected chi connectivity index (χ4v) is 2.09. The molecule has 0 fully saturated rings. The molecule has 0 radical (unpaired) electrons. The zero-order valence-electron chi connectivity index (χ0n) is 10.8. The number of alkyl halides is 1. The fraction of sp³-hybridized carbons (Fsp3) is 0.385. The Hall–Kier alpha value is -1.55. The van der Waals surface area contributed by atoms with Crippen LogP contribution in [0.1, 0.15) is 24.1 Å². The third-order valence-electron chi connectivity index (χ3n) is 2.81. The third kappa shape index (κ3) is 2.20. The van der Waals surface area contributed by atoms with Gasteiger partial charge in [-0.25, -0.2) is 0 Å². The first-order valence-electron chi connectivity index (χ1n) is 5.85. The first-order valence-corrected chi connectivity index (χ1v) is 6.38. The zero-order valence-corrected chi connectivity index (χ0v) is 11.5. The van der Waals surface area contributed by atoms with Gasteiger partial charge in [-0.3, -0.25) is 4.57 Å². The maximum Gasteiger partial charge on any atom is 0.152 e. The maximum atomic E-state index is 5.92. The molecule has 0 bridgehead atoms. The molecule has 0 unspecified atom stereocenters. The highest BCUT2D eigenvalue weighted by Gasteiger charge is 2.15. The molecule has 1 aromatic carbocycles. The molecule has 0 aliphatic rings. The van der Waals surface area contributed by atoms with Gasteiger partial charge in [0.05, 0.1) is 18.7 Å². The van der Waals surface area contributed by atoms with Crippen LogP contribution in [0, 0.1) is 6.92 Å². The molecule has 0 amide bonds. The van der Waals surface area contributed by atoms with Crippen molar-refractivity contribution in [2.24, 2.45) is 0 Å². The molecule has 1 aromatic heterocycles. The van der Waals surface area contributed by atoms with Crippen molar-refractivity contribution in [3.63, 3.8) is 0 Å². The number of rotatable bonds is 4. The van der Waals surface area contributed by atoms with E-state index in [4.69, 9.17) is 16.3 Å². The number of halogens is 1. The second-order valence-electron chi connectivity index (χ2n) is 4.03. The molecule has 0 atom stereocenters. The molecule has 18 heavy (non-hydrogen) atoms. The van der Waals surface area contributed by atoms with Gasteiger partial charge in [0.1, 0.15) is 11.6 Å². The summed E-state index contributed by atoms with van der Waals surface area (Å²) in [7, 11) is 1.66. The molecule has 0 aliphatic carbocycles. The lowest BCUT2D eigenvalue weighted by atomic mass is 10.2. The van der Waals surface area contributed by atoms with E-state index in [2.05, 4.69) is 16.3 Å². The second kappa shape index (κ2) is 5.40. The summed E-state index contributed by atoms with van der Waals surface area (Å²) in [5.41, 5.74) is 2.09. The van der Waals surface area contributed by atoms with Gasteiger partial charge < -0.3 is 4.74 Å². The quantitative estimate of drug-likeness (QED) is 0.798. The molecule has 0 aliphatic heterocycles. The lowest BCUT2D eigenvalue weighted by molar-refractivity contribution is 0.412. The lowest BCUT2D eigenvalue weighted by Crippen LogP contribution is -2.06. The summed E-state index contributed by atoms with van der Waals surface area (Å²) in [6.07, 6.45) is 0.793. The summed E-state index contributed by atoms with van der Waals surface area (Å²) < 4.78 is 7.37. The topological polar surface area (TPSA) is 39.9 Å². The van der Waals surface area contributed by atoms with Gasteiger partial charge in [0.15, 0.2) is 5.82 Å². The Bertz CT molecular complexity index is 530. The van der Waals surface area contributed by atoms with Crippen molar-refractivity contribution in [1.82, 2.24) is 14.8 Å². The minimum Gasteiger partial charge on any atom is -0.495 e. The normalized spacial score (nSPS) is 10.7. The number of hydrogen-bond acceptors (Lipinski definition) is 3. The van der Waals surface area contributed by atoms with Gasteiger partial charge >= 0.3 is 0 Å². The molecule has 5 heteroatoms. The van der Waals surface area contributed by atoms with E-state index in [1.165, 1.54) is 0 Å². The molecule has 0 saturated carbocycles. The number of hydrogen-bond donors (Lipinski definition) is 0. The minimum atomic E-state index is 0.324. The SMILES string of the molecule is CCc1nnc(CCl)n1-c1cc(C)ccc1OC. The van der Waals surface area contributed by atoms with E-state index >= 15 is 0 Å². The highest BCUT2D eigenvalue weighted by molar-refractivity contribution is 6.16. The van der Waals surface area contributed by atoms with Gasteiger partial charge in [-0.15, -0.1) is 21.8 Å². The summed E-state index contributed by atoms with van der Waals surface area (Å²) in [6, 6.07) is 6.01. The molecule has 0 spiro atoms. The van der Waals surface area contributed by atoms with Crippen LogP contribution in [0.3, 0.4) is 0 Å². The van der Waals surface area contributed by atoms with Gasteiger partial charge in [-0.05, 0) is 24.6 Å². The Morgan fingerprint density at radius 1 is 1.28 bits per heavy atom. The summed E-state index contributed by atoms with van der Waals surface area (Å²) in [5, 5.41) is 8.27. The largest absolute Gasteiger partial charge is 0.495 e. The van der Waals surface area contributed by atoms with E-state index in [-0.39, 0.29) is 0 Å². The smallest absolute Gasteiger partial charge is 0.152 e. The predicted molar refractivity (Wildman–Crippen MR) is 71.6 cm³/mol. The van der Waals surface area contributed by atoms with E-state index in [1.54, 1.807) is 7.11 Å². The van der Waals surface area contributed by atoms with Crippen LogP contribution in [0.4, 0.5) is 0 Å². The van der Waals surface area contributed by atoms with Crippen LogP contribution in [0.25, 0.3) is 5.69 Å². The Morgan fingerprint density at radius 3 is 2.61 bits per heavy atom. The van der Waals surface area contributed by atoms with Gasteiger partial charge in [0.25, 0.3) is 0 Å². The molecule has 2 aromatic rings. The first kappa shape index (κ1) is 12.9. The number of aromatic nitrogens is 3. The second-order valence-corrected chi connectivity index (χ2v) is 4.30. The van der Waals surface area contributed by atoms with Crippen LogP contribution in [0.2, 0.25) is 0 Å². The minimum absolute atomic E-state index is 0.324. The number of benzene rings is 1. The standard InChI is InChI=1S/C13H16ClN3O/c1-4-12-15-16-13(8-14)17(12)10-7-9(2)5-6-11(10)18-3/h5-7H,4,8H2,1-3H3. The van der Waals surface area contributed by atoms with E-state index in [9.17, 15) is 0 Å². The molecular formula is C13H16ClN3O. The van der Waals surface area contributed by atoms with Crippen LogP contribution in [0.5, 0.6) is 5.75 Å². The third-order valence-corrected chi connectivity index (χ3v) is 3.05. The Labute approximate surface area is 112 Å².